The minimum atomic E-state index is -4.17. The van der Waals surface area contributed by atoms with Crippen LogP contribution in [0.5, 0.6) is 0 Å². The quantitative estimate of drug-likeness (QED) is 0.403. The van der Waals surface area contributed by atoms with Crippen molar-refractivity contribution in [3.8, 4) is 0 Å². The van der Waals surface area contributed by atoms with Crippen LogP contribution in [0, 0.1) is 5.82 Å². The fraction of sp³-hybridized carbons (Fsp3) is 0.259. The maximum atomic E-state index is 14.5. The normalized spacial score (nSPS) is 12.2. The molecular weight excluding hydrogens is 517 g/mol. The second-order valence-electron chi connectivity index (χ2n) is 8.75. The van der Waals surface area contributed by atoms with Gasteiger partial charge in [0.15, 0.2) is 0 Å². The molecule has 0 radical (unpaired) electrons. The Balaban J connectivity index is 2.02. The van der Waals surface area contributed by atoms with Crippen LogP contribution in [0.15, 0.2) is 83.8 Å². The molecule has 0 bridgehead atoms. The molecule has 0 heterocycles. The van der Waals surface area contributed by atoms with Gasteiger partial charge in [-0.2, -0.15) is 0 Å². The fourth-order valence-electron chi connectivity index (χ4n) is 3.65. The van der Waals surface area contributed by atoms with Crippen LogP contribution >= 0.6 is 11.6 Å². The molecule has 1 N–H and O–H groups in total. The van der Waals surface area contributed by atoms with Gasteiger partial charge in [-0.05, 0) is 63.2 Å². The van der Waals surface area contributed by atoms with Crippen molar-refractivity contribution in [1.82, 2.24) is 10.2 Å². The molecule has 0 fully saturated rings. The van der Waals surface area contributed by atoms with Gasteiger partial charge in [-0.25, -0.2) is 12.8 Å². The van der Waals surface area contributed by atoms with Gasteiger partial charge in [-0.15, -0.1) is 0 Å². The number of rotatable bonds is 10. The van der Waals surface area contributed by atoms with Crippen LogP contribution in [-0.2, 0) is 26.2 Å². The van der Waals surface area contributed by atoms with Gasteiger partial charge >= 0.3 is 0 Å². The molecule has 0 aliphatic rings. The number of sulfonamides is 1. The van der Waals surface area contributed by atoms with E-state index in [0.29, 0.717) is 5.02 Å². The van der Waals surface area contributed by atoms with Crippen molar-refractivity contribution in [2.24, 2.45) is 0 Å². The Morgan fingerprint density at radius 3 is 2.11 bits per heavy atom. The predicted molar refractivity (Wildman–Crippen MR) is 142 cm³/mol. The first-order valence-corrected chi connectivity index (χ1v) is 13.5. The smallest absolute Gasteiger partial charge is 0.264 e. The lowest BCUT2D eigenvalue weighted by molar-refractivity contribution is -0.139. The van der Waals surface area contributed by atoms with Gasteiger partial charge in [0, 0.05) is 23.2 Å². The van der Waals surface area contributed by atoms with Crippen molar-refractivity contribution < 1.29 is 22.4 Å². The van der Waals surface area contributed by atoms with Gasteiger partial charge in [-0.3, -0.25) is 13.9 Å². The van der Waals surface area contributed by atoms with Crippen LogP contribution in [0.1, 0.15) is 26.3 Å². The van der Waals surface area contributed by atoms with Gasteiger partial charge in [0.05, 0.1) is 10.6 Å². The van der Waals surface area contributed by atoms with Crippen LogP contribution in [0.25, 0.3) is 0 Å². The highest BCUT2D eigenvalue weighted by Crippen LogP contribution is 2.26. The Morgan fingerprint density at radius 1 is 0.919 bits per heavy atom. The van der Waals surface area contributed by atoms with E-state index in [2.05, 4.69) is 5.32 Å². The van der Waals surface area contributed by atoms with E-state index in [1.165, 1.54) is 66.4 Å². The summed E-state index contributed by atoms with van der Waals surface area (Å²) in [6, 6.07) is 18.5. The van der Waals surface area contributed by atoms with E-state index >= 15 is 0 Å². The van der Waals surface area contributed by atoms with Gasteiger partial charge < -0.3 is 10.2 Å². The van der Waals surface area contributed by atoms with Crippen LogP contribution in [0.2, 0.25) is 5.02 Å². The fourth-order valence-corrected chi connectivity index (χ4v) is 5.21. The Labute approximate surface area is 221 Å². The first-order chi connectivity index (χ1) is 17.5. The summed E-state index contributed by atoms with van der Waals surface area (Å²) in [6.07, 6.45) is 0. The molecule has 0 spiro atoms. The summed E-state index contributed by atoms with van der Waals surface area (Å²) >= 11 is 6.00. The molecule has 0 aliphatic carbocycles. The first kappa shape index (κ1) is 28.1. The van der Waals surface area contributed by atoms with Gasteiger partial charge in [0.1, 0.15) is 18.4 Å². The number of nitrogens with zero attached hydrogens (tertiary/aromatic N) is 2. The zero-order valence-electron chi connectivity index (χ0n) is 20.8. The van der Waals surface area contributed by atoms with E-state index in [9.17, 15) is 22.4 Å². The van der Waals surface area contributed by atoms with E-state index in [1.807, 2.05) is 0 Å². The molecular formula is C27H29ClFN3O4S. The van der Waals surface area contributed by atoms with Crippen LogP contribution < -0.4 is 9.62 Å². The van der Waals surface area contributed by atoms with E-state index in [-0.39, 0.29) is 28.7 Å². The topological polar surface area (TPSA) is 86.8 Å². The number of hydrogen-bond donors (Lipinski definition) is 1. The lowest BCUT2D eigenvalue weighted by Gasteiger charge is -2.32. The maximum absolute atomic E-state index is 14.5. The lowest BCUT2D eigenvalue weighted by atomic mass is 10.1. The van der Waals surface area contributed by atoms with Crippen molar-refractivity contribution in [3.05, 3.63) is 95.3 Å². The zero-order chi connectivity index (χ0) is 27.2. The monoisotopic (exact) mass is 545 g/mol. The van der Waals surface area contributed by atoms with Crippen LogP contribution in [0.4, 0.5) is 10.1 Å². The summed E-state index contributed by atoms with van der Waals surface area (Å²) in [5, 5.41) is 3.15. The highest BCUT2D eigenvalue weighted by molar-refractivity contribution is 7.92. The minimum Gasteiger partial charge on any atom is -0.352 e. The third-order valence-corrected chi connectivity index (χ3v) is 7.66. The summed E-state index contributed by atoms with van der Waals surface area (Å²) in [4.78, 5) is 27.7. The molecule has 0 saturated heterocycles. The summed E-state index contributed by atoms with van der Waals surface area (Å²) in [5.74, 6) is -1.66. The number of anilines is 1. The number of halogens is 2. The van der Waals surface area contributed by atoms with Crippen molar-refractivity contribution in [2.75, 3.05) is 10.8 Å². The summed E-state index contributed by atoms with van der Waals surface area (Å²) in [7, 11) is -4.17. The molecule has 3 aromatic rings. The molecule has 1 atom stereocenters. The van der Waals surface area contributed by atoms with Gasteiger partial charge in [-0.1, -0.05) is 48.0 Å². The molecule has 10 heteroatoms. The molecule has 0 saturated carbocycles. The molecule has 0 unspecified atom stereocenters. The third-order valence-electron chi connectivity index (χ3n) is 5.62. The number of nitrogens with one attached hydrogen (secondary N) is 1. The van der Waals surface area contributed by atoms with Crippen molar-refractivity contribution in [2.45, 2.75) is 44.3 Å². The summed E-state index contributed by atoms with van der Waals surface area (Å²) in [5.41, 5.74) is 0.413. The Bertz CT molecular complexity index is 1340. The first-order valence-electron chi connectivity index (χ1n) is 11.7. The minimum absolute atomic E-state index is 0.0102. The molecule has 3 rings (SSSR count). The third kappa shape index (κ3) is 7.08. The molecule has 0 aliphatic heterocycles. The number of carbonyl (C=O) groups is 2. The largest absolute Gasteiger partial charge is 0.352 e. The number of carbonyl (C=O) groups excluding carboxylic acids is 2. The van der Waals surface area contributed by atoms with Crippen molar-refractivity contribution in [3.63, 3.8) is 0 Å². The standard InChI is InChI=1S/C27H29ClFN3O4S/c1-19(2)30-27(34)20(3)31(17-21-9-7-8-12-25(21)29)26(33)18-32(23-15-13-22(28)14-16-23)37(35,36)24-10-5-4-6-11-24/h4-16,19-20H,17-18H2,1-3H3,(H,30,34)/t20-/m1/s1. The highest BCUT2D eigenvalue weighted by Gasteiger charge is 2.33. The summed E-state index contributed by atoms with van der Waals surface area (Å²) < 4.78 is 42.7. The number of benzene rings is 3. The van der Waals surface area contributed by atoms with E-state index in [0.717, 1.165) is 4.31 Å². The SMILES string of the molecule is CC(C)NC(=O)[C@@H](C)N(Cc1ccccc1F)C(=O)CN(c1ccc(Cl)cc1)S(=O)(=O)c1ccccc1. The van der Waals surface area contributed by atoms with E-state index in [4.69, 9.17) is 11.6 Å². The molecule has 0 aromatic heterocycles. The van der Waals surface area contributed by atoms with Crippen LogP contribution in [0.3, 0.4) is 0 Å². The lowest BCUT2D eigenvalue weighted by Crippen LogP contribution is -2.52. The molecule has 7 nitrogen and oxygen atoms in total. The summed E-state index contributed by atoms with van der Waals surface area (Å²) in [6.45, 7) is 4.24. The number of hydrogen-bond acceptors (Lipinski definition) is 4. The number of amides is 2. The van der Waals surface area contributed by atoms with E-state index in [1.54, 1.807) is 38.1 Å². The van der Waals surface area contributed by atoms with Crippen molar-refractivity contribution >= 4 is 39.1 Å². The average Bonchev–Trinajstić information content (AvgIpc) is 2.87. The second-order valence-corrected chi connectivity index (χ2v) is 11.1. The highest BCUT2D eigenvalue weighted by atomic mass is 35.5. The molecule has 3 aromatic carbocycles. The molecule has 196 valence electrons. The Morgan fingerprint density at radius 2 is 1.51 bits per heavy atom. The van der Waals surface area contributed by atoms with Gasteiger partial charge in [0.25, 0.3) is 10.0 Å². The van der Waals surface area contributed by atoms with Crippen molar-refractivity contribution in [1.29, 1.82) is 0 Å². The Hall–Kier alpha value is -3.43. The Kier molecular flexibility index (Phi) is 9.29. The second kappa shape index (κ2) is 12.2. The van der Waals surface area contributed by atoms with E-state index < -0.39 is 40.2 Å². The molecule has 2 amide bonds. The zero-order valence-corrected chi connectivity index (χ0v) is 22.3. The average molecular weight is 546 g/mol. The van der Waals surface area contributed by atoms with Gasteiger partial charge in [0.2, 0.25) is 11.8 Å². The maximum Gasteiger partial charge on any atom is 0.264 e. The predicted octanol–water partition coefficient (Wildman–Crippen LogP) is 4.62. The molecule has 37 heavy (non-hydrogen) atoms. The van der Waals surface area contributed by atoms with Crippen LogP contribution in [-0.4, -0.2) is 43.8 Å².